The molecule has 1 aromatic heterocycles. The molecule has 2 amide bonds. The number of piperazine rings is 1. The third kappa shape index (κ3) is 6.88. The first-order valence-corrected chi connectivity index (χ1v) is 12.3. The molecule has 0 aromatic carbocycles. The number of carbonyl (C=O) groups is 2. The van der Waals surface area contributed by atoms with Gasteiger partial charge in [0.1, 0.15) is 6.54 Å². The monoisotopic (exact) mass is 469 g/mol. The van der Waals surface area contributed by atoms with E-state index in [4.69, 9.17) is 0 Å². The number of rotatable bonds is 8. The number of aromatic nitrogens is 1. The van der Waals surface area contributed by atoms with Crippen molar-refractivity contribution in [3.63, 3.8) is 0 Å². The molecule has 1 aliphatic heterocycles. The van der Waals surface area contributed by atoms with E-state index in [-0.39, 0.29) is 35.3 Å². The van der Waals surface area contributed by atoms with E-state index in [0.29, 0.717) is 39.3 Å². The number of sulfonamides is 1. The average molecular weight is 470 g/mol. The summed E-state index contributed by atoms with van der Waals surface area (Å²) in [5.74, 6) is -0.321. The SMILES string of the molecule is CCN(CC)S(=O)(=O)c1ccc(=O)n(CC(=O)N2CCN(CC(=O)NC(C)(C)C)CC2)c1. The zero-order valence-corrected chi connectivity index (χ0v) is 20.4. The summed E-state index contributed by atoms with van der Waals surface area (Å²) in [6.07, 6.45) is 1.24. The van der Waals surface area contributed by atoms with Gasteiger partial charge in [-0.3, -0.25) is 19.3 Å². The molecule has 0 bridgehead atoms. The number of amides is 2. The first-order valence-electron chi connectivity index (χ1n) is 10.9. The second-order valence-corrected chi connectivity index (χ2v) is 10.8. The van der Waals surface area contributed by atoms with Gasteiger partial charge in [-0.25, -0.2) is 8.42 Å². The highest BCUT2D eigenvalue weighted by atomic mass is 32.2. The van der Waals surface area contributed by atoms with Crippen LogP contribution in [0.1, 0.15) is 34.6 Å². The fourth-order valence-corrected chi connectivity index (χ4v) is 5.04. The van der Waals surface area contributed by atoms with Gasteiger partial charge in [0.15, 0.2) is 0 Å². The molecule has 0 spiro atoms. The zero-order chi connectivity index (χ0) is 24.1. The van der Waals surface area contributed by atoms with Crippen molar-refractivity contribution in [3.8, 4) is 0 Å². The van der Waals surface area contributed by atoms with Gasteiger partial charge in [0, 0.05) is 57.1 Å². The van der Waals surface area contributed by atoms with Crippen molar-refractivity contribution in [1.29, 1.82) is 0 Å². The lowest BCUT2D eigenvalue weighted by Gasteiger charge is -2.35. The van der Waals surface area contributed by atoms with Gasteiger partial charge in [-0.15, -0.1) is 0 Å². The third-order valence-corrected chi connectivity index (χ3v) is 7.25. The van der Waals surface area contributed by atoms with Crippen molar-refractivity contribution in [2.24, 2.45) is 0 Å². The molecular weight excluding hydrogens is 434 g/mol. The van der Waals surface area contributed by atoms with Crippen LogP contribution in [0, 0.1) is 0 Å². The van der Waals surface area contributed by atoms with Crippen molar-refractivity contribution in [1.82, 2.24) is 24.0 Å². The normalized spacial score (nSPS) is 15.8. The highest BCUT2D eigenvalue weighted by Crippen LogP contribution is 2.14. The Morgan fingerprint density at radius 2 is 1.62 bits per heavy atom. The molecule has 2 rings (SSSR count). The minimum atomic E-state index is -3.73. The fraction of sp³-hybridized carbons (Fsp3) is 0.667. The first kappa shape index (κ1) is 26.0. The molecule has 2 heterocycles. The van der Waals surface area contributed by atoms with Gasteiger partial charge in [-0.05, 0) is 26.8 Å². The summed E-state index contributed by atoms with van der Waals surface area (Å²) in [5.41, 5.74) is -0.732. The van der Waals surface area contributed by atoms with E-state index in [1.165, 1.54) is 22.6 Å². The largest absolute Gasteiger partial charge is 0.350 e. The molecular formula is C21H35N5O5S. The lowest BCUT2D eigenvalue weighted by atomic mass is 10.1. The maximum atomic E-state index is 12.8. The molecule has 1 saturated heterocycles. The average Bonchev–Trinajstić information content (AvgIpc) is 2.69. The van der Waals surface area contributed by atoms with E-state index in [1.54, 1.807) is 18.7 Å². The molecule has 1 aliphatic rings. The highest BCUT2D eigenvalue weighted by Gasteiger charge is 2.25. The summed E-state index contributed by atoms with van der Waals surface area (Å²) in [5, 5.41) is 2.92. The summed E-state index contributed by atoms with van der Waals surface area (Å²) >= 11 is 0. The Bertz CT molecular complexity index is 971. The molecule has 0 atom stereocenters. The molecule has 0 aliphatic carbocycles. The number of hydrogen-bond donors (Lipinski definition) is 1. The van der Waals surface area contributed by atoms with E-state index in [0.717, 1.165) is 4.57 Å². The molecule has 1 N–H and O–H groups in total. The maximum Gasteiger partial charge on any atom is 0.251 e. The van der Waals surface area contributed by atoms with Crippen molar-refractivity contribution in [2.45, 2.75) is 51.6 Å². The van der Waals surface area contributed by atoms with Crippen LogP contribution in [0.3, 0.4) is 0 Å². The van der Waals surface area contributed by atoms with Crippen LogP contribution < -0.4 is 10.9 Å². The highest BCUT2D eigenvalue weighted by molar-refractivity contribution is 7.89. The number of pyridine rings is 1. The molecule has 32 heavy (non-hydrogen) atoms. The van der Waals surface area contributed by atoms with Gasteiger partial charge in [0.05, 0.1) is 11.4 Å². The van der Waals surface area contributed by atoms with Gasteiger partial charge in [0.25, 0.3) is 5.56 Å². The van der Waals surface area contributed by atoms with Crippen molar-refractivity contribution < 1.29 is 18.0 Å². The van der Waals surface area contributed by atoms with Gasteiger partial charge in [-0.1, -0.05) is 13.8 Å². The second-order valence-electron chi connectivity index (χ2n) is 8.88. The maximum absolute atomic E-state index is 12.8. The summed E-state index contributed by atoms with van der Waals surface area (Å²) in [6, 6.07) is 2.45. The molecule has 0 saturated carbocycles. The first-order chi connectivity index (χ1) is 14.9. The second kappa shape index (κ2) is 10.6. The quantitative estimate of drug-likeness (QED) is 0.571. The van der Waals surface area contributed by atoms with Gasteiger partial charge < -0.3 is 14.8 Å². The van der Waals surface area contributed by atoms with Crippen molar-refractivity contribution in [2.75, 3.05) is 45.8 Å². The Balaban J connectivity index is 2.01. The van der Waals surface area contributed by atoms with Crippen LogP contribution >= 0.6 is 0 Å². The smallest absolute Gasteiger partial charge is 0.251 e. The lowest BCUT2D eigenvalue weighted by Crippen LogP contribution is -2.53. The number of nitrogens with one attached hydrogen (secondary N) is 1. The summed E-state index contributed by atoms with van der Waals surface area (Å²) in [4.78, 5) is 40.7. The minimum Gasteiger partial charge on any atom is -0.350 e. The number of carbonyl (C=O) groups excluding carboxylic acids is 2. The lowest BCUT2D eigenvalue weighted by molar-refractivity contribution is -0.134. The van der Waals surface area contributed by atoms with E-state index in [2.05, 4.69) is 5.32 Å². The predicted molar refractivity (Wildman–Crippen MR) is 122 cm³/mol. The summed E-state index contributed by atoms with van der Waals surface area (Å²) < 4.78 is 27.9. The fourth-order valence-electron chi connectivity index (χ4n) is 3.56. The topological polar surface area (TPSA) is 112 Å². The number of hydrogen-bond acceptors (Lipinski definition) is 6. The van der Waals surface area contributed by atoms with Crippen molar-refractivity contribution >= 4 is 21.8 Å². The van der Waals surface area contributed by atoms with Crippen LogP contribution in [0.4, 0.5) is 0 Å². The van der Waals surface area contributed by atoms with E-state index < -0.39 is 15.6 Å². The summed E-state index contributed by atoms with van der Waals surface area (Å²) in [6.45, 7) is 11.9. The van der Waals surface area contributed by atoms with Gasteiger partial charge in [0.2, 0.25) is 21.8 Å². The Morgan fingerprint density at radius 3 is 2.16 bits per heavy atom. The third-order valence-electron chi connectivity index (χ3n) is 5.21. The van der Waals surface area contributed by atoms with E-state index in [9.17, 15) is 22.8 Å². The predicted octanol–water partition coefficient (Wildman–Crippen LogP) is -0.0623. The van der Waals surface area contributed by atoms with Gasteiger partial charge >= 0.3 is 0 Å². The molecule has 0 radical (unpaired) electrons. The molecule has 1 fully saturated rings. The van der Waals surface area contributed by atoms with Crippen LogP contribution in [0.15, 0.2) is 28.0 Å². The van der Waals surface area contributed by atoms with Crippen LogP contribution in [0.5, 0.6) is 0 Å². The van der Waals surface area contributed by atoms with Crippen LogP contribution in [0.25, 0.3) is 0 Å². The molecule has 180 valence electrons. The van der Waals surface area contributed by atoms with Gasteiger partial charge in [-0.2, -0.15) is 4.31 Å². The molecule has 1 aromatic rings. The van der Waals surface area contributed by atoms with E-state index in [1.807, 2.05) is 25.7 Å². The Morgan fingerprint density at radius 1 is 1.03 bits per heavy atom. The summed E-state index contributed by atoms with van der Waals surface area (Å²) in [7, 11) is -3.73. The molecule has 11 heteroatoms. The van der Waals surface area contributed by atoms with Crippen LogP contribution in [-0.4, -0.2) is 90.3 Å². The number of nitrogens with zero attached hydrogens (tertiary/aromatic N) is 4. The zero-order valence-electron chi connectivity index (χ0n) is 19.6. The molecule has 10 nitrogen and oxygen atoms in total. The van der Waals surface area contributed by atoms with Crippen molar-refractivity contribution in [3.05, 3.63) is 28.7 Å². The Kier molecular flexibility index (Phi) is 8.60. The van der Waals surface area contributed by atoms with Crippen LogP contribution in [0.2, 0.25) is 0 Å². The minimum absolute atomic E-state index is 0.0109. The Labute approximate surface area is 190 Å². The van der Waals surface area contributed by atoms with Crippen LogP contribution in [-0.2, 0) is 26.2 Å². The van der Waals surface area contributed by atoms with E-state index >= 15 is 0 Å². The molecule has 0 unspecified atom stereocenters. The Hall–Kier alpha value is -2.24. The standard InChI is InChI=1S/C21H35N5O5S/c1-6-26(7-2)32(30,31)17-8-9-19(28)25(14-17)16-20(29)24-12-10-23(11-13-24)15-18(27)22-21(3,4)5/h8-9,14H,6-7,10-13,15-16H2,1-5H3,(H,22,27).